The molecule has 3 aromatic rings. The average Bonchev–Trinajstić information content (AvgIpc) is 3.21. The van der Waals surface area contributed by atoms with Crippen molar-refractivity contribution in [1.82, 2.24) is 13.7 Å². The maximum atomic E-state index is 13.2. The molecule has 1 saturated heterocycles. The summed E-state index contributed by atoms with van der Waals surface area (Å²) in [6.45, 7) is 0.941. The van der Waals surface area contributed by atoms with Crippen molar-refractivity contribution in [3.05, 3.63) is 80.4 Å². The molecule has 12 nitrogen and oxygen atoms in total. The normalized spacial score (nSPS) is 18.8. The van der Waals surface area contributed by atoms with Gasteiger partial charge in [-0.1, -0.05) is 18.2 Å². The van der Waals surface area contributed by atoms with Gasteiger partial charge in [-0.05, 0) is 24.6 Å². The van der Waals surface area contributed by atoms with E-state index < -0.39 is 56.8 Å². The van der Waals surface area contributed by atoms with Crippen molar-refractivity contribution in [2.24, 2.45) is 0 Å². The summed E-state index contributed by atoms with van der Waals surface area (Å²) in [4.78, 5) is 39.3. The first-order valence-electron chi connectivity index (χ1n) is 10.2. The standard InChI is InChI=1S/C21H20N4O8S/c1-13-5-4-8-23-19(27)9-14(22-20(13)23)12-33-21(28)17-10-15(26)11-24(17)34(31,32)18-7-3-2-6-16(18)25(29)30/h2-9,15,17,26H,10-12H2,1H3. The number of rotatable bonds is 6. The van der Waals surface area contributed by atoms with Crippen LogP contribution in [0.25, 0.3) is 5.65 Å². The number of sulfonamides is 1. The first-order chi connectivity index (χ1) is 16.1. The summed E-state index contributed by atoms with van der Waals surface area (Å²) >= 11 is 0. The van der Waals surface area contributed by atoms with Crippen molar-refractivity contribution in [1.29, 1.82) is 0 Å². The minimum absolute atomic E-state index is 0.166. The third kappa shape index (κ3) is 4.27. The van der Waals surface area contributed by atoms with E-state index in [0.29, 0.717) is 9.95 Å². The Labute approximate surface area is 193 Å². The summed E-state index contributed by atoms with van der Waals surface area (Å²) in [6, 6.07) is 8.02. The summed E-state index contributed by atoms with van der Waals surface area (Å²) in [5, 5.41) is 21.4. The number of nitro benzene ring substituents is 1. The van der Waals surface area contributed by atoms with E-state index in [1.54, 1.807) is 25.3 Å². The van der Waals surface area contributed by atoms with Crippen molar-refractivity contribution in [2.45, 2.75) is 37.0 Å². The van der Waals surface area contributed by atoms with Crippen LogP contribution in [-0.4, -0.2) is 56.8 Å². The third-order valence-electron chi connectivity index (χ3n) is 5.46. The van der Waals surface area contributed by atoms with Crippen molar-refractivity contribution in [3.8, 4) is 0 Å². The molecule has 178 valence electrons. The Morgan fingerprint density at radius 1 is 1.29 bits per heavy atom. The fourth-order valence-corrected chi connectivity index (χ4v) is 5.63. The molecule has 0 saturated carbocycles. The van der Waals surface area contributed by atoms with Crippen LogP contribution in [0.4, 0.5) is 5.69 Å². The minimum atomic E-state index is -4.50. The quantitative estimate of drug-likeness (QED) is 0.300. The predicted molar refractivity (Wildman–Crippen MR) is 117 cm³/mol. The second-order valence-electron chi connectivity index (χ2n) is 7.78. The number of aliphatic hydroxyl groups excluding tert-OH is 1. The van der Waals surface area contributed by atoms with Crippen LogP contribution < -0.4 is 5.56 Å². The number of fused-ring (bicyclic) bond motifs is 1. The molecule has 1 aliphatic heterocycles. The number of hydrogen-bond donors (Lipinski definition) is 1. The number of para-hydroxylation sites is 1. The molecule has 1 aliphatic rings. The summed E-state index contributed by atoms with van der Waals surface area (Å²) in [6.07, 6.45) is 0.144. The van der Waals surface area contributed by atoms with E-state index in [0.717, 1.165) is 17.7 Å². The number of aliphatic hydroxyl groups is 1. The summed E-state index contributed by atoms with van der Waals surface area (Å²) in [5.41, 5.74) is 0.259. The van der Waals surface area contributed by atoms with Gasteiger partial charge in [0.25, 0.3) is 21.3 Å². The number of hydrogen-bond acceptors (Lipinski definition) is 9. The lowest BCUT2D eigenvalue weighted by Gasteiger charge is -2.22. The van der Waals surface area contributed by atoms with Crippen LogP contribution in [0.2, 0.25) is 0 Å². The zero-order chi connectivity index (χ0) is 24.6. The molecule has 0 radical (unpaired) electrons. The zero-order valence-corrected chi connectivity index (χ0v) is 18.7. The van der Waals surface area contributed by atoms with Crippen LogP contribution >= 0.6 is 0 Å². The molecular weight excluding hydrogens is 468 g/mol. The van der Waals surface area contributed by atoms with E-state index in [2.05, 4.69) is 4.98 Å². The van der Waals surface area contributed by atoms with Crippen molar-refractivity contribution in [3.63, 3.8) is 0 Å². The first-order valence-corrected chi connectivity index (χ1v) is 11.6. The van der Waals surface area contributed by atoms with E-state index >= 15 is 0 Å². The zero-order valence-electron chi connectivity index (χ0n) is 17.9. The van der Waals surface area contributed by atoms with Gasteiger partial charge in [0.15, 0.2) is 4.90 Å². The number of esters is 1. The molecule has 1 fully saturated rings. The van der Waals surface area contributed by atoms with Crippen LogP contribution in [-0.2, 0) is 26.2 Å². The molecule has 1 aromatic carbocycles. The molecule has 2 unspecified atom stereocenters. The van der Waals surface area contributed by atoms with Crippen molar-refractivity contribution in [2.75, 3.05) is 6.54 Å². The molecule has 13 heteroatoms. The first kappa shape index (κ1) is 23.5. The summed E-state index contributed by atoms with van der Waals surface area (Å²) in [7, 11) is -4.50. The van der Waals surface area contributed by atoms with Crippen molar-refractivity contribution >= 4 is 27.3 Å². The Morgan fingerprint density at radius 2 is 2.03 bits per heavy atom. The van der Waals surface area contributed by atoms with Gasteiger partial charge in [-0.2, -0.15) is 4.31 Å². The highest BCUT2D eigenvalue weighted by molar-refractivity contribution is 7.89. The van der Waals surface area contributed by atoms with Crippen molar-refractivity contribution < 1.29 is 28.0 Å². The van der Waals surface area contributed by atoms with Crippen LogP contribution in [0.1, 0.15) is 17.7 Å². The predicted octanol–water partition coefficient (Wildman–Crippen LogP) is 0.778. The van der Waals surface area contributed by atoms with Gasteiger partial charge in [-0.3, -0.25) is 24.1 Å². The highest BCUT2D eigenvalue weighted by Gasteiger charge is 2.46. The smallest absolute Gasteiger partial charge is 0.324 e. The van der Waals surface area contributed by atoms with Gasteiger partial charge >= 0.3 is 5.97 Å². The fraction of sp³-hybridized carbons (Fsp3) is 0.286. The molecule has 2 atom stereocenters. The number of ether oxygens (including phenoxy) is 1. The molecule has 2 aromatic heterocycles. The van der Waals surface area contributed by atoms with Gasteiger partial charge in [0.05, 0.1) is 16.7 Å². The number of carbonyl (C=O) groups excluding carboxylic acids is 1. The van der Waals surface area contributed by atoms with E-state index in [9.17, 15) is 33.2 Å². The summed E-state index contributed by atoms with van der Waals surface area (Å²) in [5.74, 6) is -0.967. The Morgan fingerprint density at radius 3 is 2.76 bits per heavy atom. The largest absolute Gasteiger partial charge is 0.458 e. The van der Waals surface area contributed by atoms with Gasteiger partial charge < -0.3 is 9.84 Å². The number of β-amino-alcohol motifs (C(OH)–C–C–N with tert-alkyl or cyclic N) is 1. The Bertz CT molecular complexity index is 1450. The second-order valence-corrected chi connectivity index (χ2v) is 9.64. The van der Waals surface area contributed by atoms with Crippen LogP contribution in [0.5, 0.6) is 0 Å². The topological polar surface area (TPSA) is 161 Å². The van der Waals surface area contributed by atoms with Gasteiger partial charge in [0.1, 0.15) is 18.3 Å². The lowest BCUT2D eigenvalue weighted by molar-refractivity contribution is -0.387. The van der Waals surface area contributed by atoms with Crippen LogP contribution in [0.15, 0.2) is 58.4 Å². The number of pyridine rings is 1. The van der Waals surface area contributed by atoms with Gasteiger partial charge in [0, 0.05) is 31.3 Å². The number of benzene rings is 1. The van der Waals surface area contributed by atoms with E-state index in [1.807, 2.05) is 0 Å². The molecule has 0 amide bonds. The number of aryl methyl sites for hydroxylation is 1. The minimum Gasteiger partial charge on any atom is -0.458 e. The Balaban J connectivity index is 1.59. The third-order valence-corrected chi connectivity index (χ3v) is 7.38. The Hall–Kier alpha value is -3.68. The average molecular weight is 488 g/mol. The monoisotopic (exact) mass is 488 g/mol. The lowest BCUT2D eigenvalue weighted by atomic mass is 10.2. The molecule has 1 N–H and O–H groups in total. The van der Waals surface area contributed by atoms with E-state index in [-0.39, 0.29) is 17.7 Å². The highest BCUT2D eigenvalue weighted by Crippen LogP contribution is 2.32. The highest BCUT2D eigenvalue weighted by atomic mass is 32.2. The lowest BCUT2D eigenvalue weighted by Crippen LogP contribution is -2.41. The van der Waals surface area contributed by atoms with E-state index in [4.69, 9.17) is 4.74 Å². The second kappa shape index (κ2) is 8.93. The summed E-state index contributed by atoms with van der Waals surface area (Å²) < 4.78 is 33.6. The molecule has 3 heterocycles. The molecule has 0 bridgehead atoms. The molecule has 4 rings (SSSR count). The van der Waals surface area contributed by atoms with Gasteiger partial charge in [-0.25, -0.2) is 13.4 Å². The molecule has 0 spiro atoms. The Kier molecular flexibility index (Phi) is 6.17. The van der Waals surface area contributed by atoms with Crippen LogP contribution in [0.3, 0.4) is 0 Å². The van der Waals surface area contributed by atoms with Gasteiger partial charge in [0.2, 0.25) is 0 Å². The molecule has 0 aliphatic carbocycles. The van der Waals surface area contributed by atoms with Gasteiger partial charge in [-0.15, -0.1) is 0 Å². The fourth-order valence-electron chi connectivity index (χ4n) is 3.84. The molecular formula is C21H20N4O8S. The SMILES string of the molecule is Cc1cccn2c(=O)cc(COC(=O)C3CC(O)CN3S(=O)(=O)c3ccccc3[N+](=O)[O-])nc12. The van der Waals surface area contributed by atoms with Crippen LogP contribution in [0, 0.1) is 17.0 Å². The number of aromatic nitrogens is 2. The molecule has 34 heavy (non-hydrogen) atoms. The number of nitro groups is 1. The number of nitrogens with zero attached hydrogens (tertiary/aromatic N) is 4. The van der Waals surface area contributed by atoms with E-state index in [1.165, 1.54) is 22.6 Å². The number of carbonyl (C=O) groups is 1. The maximum absolute atomic E-state index is 13.2. The maximum Gasteiger partial charge on any atom is 0.324 e.